The van der Waals surface area contributed by atoms with Crippen molar-refractivity contribution in [2.45, 2.75) is 37.4 Å². The molecule has 2 aliphatic rings. The Hall–Kier alpha value is -1.49. The molecule has 0 bridgehead atoms. The highest BCUT2D eigenvalue weighted by Gasteiger charge is 2.22. The highest BCUT2D eigenvalue weighted by Crippen LogP contribution is 2.39. The Morgan fingerprint density at radius 3 is 2.78 bits per heavy atom. The van der Waals surface area contributed by atoms with Crippen molar-refractivity contribution >= 4 is 23.6 Å². The number of hydrogen-bond acceptors (Lipinski definition) is 3. The maximum Gasteiger partial charge on any atom is 0.241 e. The lowest BCUT2D eigenvalue weighted by Gasteiger charge is -2.24. The van der Waals surface area contributed by atoms with Crippen molar-refractivity contribution in [3.05, 3.63) is 35.4 Å². The molecule has 5 heteroatoms. The number of fused-ring (bicyclic) bond motifs is 1. The van der Waals surface area contributed by atoms with Crippen molar-refractivity contribution in [2.24, 2.45) is 0 Å². The van der Waals surface area contributed by atoms with E-state index in [0.717, 1.165) is 38.8 Å². The van der Waals surface area contributed by atoms with Gasteiger partial charge in [-0.1, -0.05) is 24.3 Å². The largest absolute Gasteiger partial charge is 0.346 e. The predicted molar refractivity (Wildman–Crippen MR) is 93.4 cm³/mol. The van der Waals surface area contributed by atoms with Crippen LogP contribution >= 0.6 is 11.8 Å². The fourth-order valence-electron chi connectivity index (χ4n) is 3.36. The summed E-state index contributed by atoms with van der Waals surface area (Å²) in [5.41, 5.74) is 2.80. The first-order valence-corrected chi connectivity index (χ1v) is 9.53. The van der Waals surface area contributed by atoms with Gasteiger partial charge in [0.05, 0.1) is 12.3 Å². The van der Waals surface area contributed by atoms with Crippen LogP contribution in [0, 0.1) is 0 Å². The number of thioether (sulfide) groups is 1. The van der Waals surface area contributed by atoms with E-state index in [4.69, 9.17) is 0 Å². The Balaban J connectivity index is 1.43. The van der Waals surface area contributed by atoms with Crippen molar-refractivity contribution in [1.82, 2.24) is 10.2 Å². The highest BCUT2D eigenvalue weighted by molar-refractivity contribution is 8.00. The summed E-state index contributed by atoms with van der Waals surface area (Å²) in [6.07, 6.45) is 5.61. The molecule has 1 aliphatic heterocycles. The van der Waals surface area contributed by atoms with Gasteiger partial charge in [0, 0.05) is 18.3 Å². The van der Waals surface area contributed by atoms with E-state index >= 15 is 0 Å². The third kappa shape index (κ3) is 4.28. The van der Waals surface area contributed by atoms with Crippen LogP contribution in [-0.4, -0.2) is 42.1 Å². The van der Waals surface area contributed by atoms with E-state index in [1.54, 1.807) is 11.8 Å². The number of carbonyl (C=O) groups excluding carboxylic acids is 2. The summed E-state index contributed by atoms with van der Waals surface area (Å²) in [7, 11) is 0. The molecule has 0 unspecified atom stereocenters. The number of aryl methyl sites for hydroxylation is 1. The Morgan fingerprint density at radius 2 is 1.96 bits per heavy atom. The van der Waals surface area contributed by atoms with Gasteiger partial charge >= 0.3 is 0 Å². The summed E-state index contributed by atoms with van der Waals surface area (Å²) in [6, 6.07) is 8.53. The summed E-state index contributed by atoms with van der Waals surface area (Å²) < 4.78 is 0. The highest BCUT2D eigenvalue weighted by atomic mass is 32.2. The maximum atomic E-state index is 12.0. The van der Waals surface area contributed by atoms with E-state index in [9.17, 15) is 9.59 Å². The predicted octanol–water partition coefficient (Wildman–Crippen LogP) is 2.54. The summed E-state index contributed by atoms with van der Waals surface area (Å²) in [4.78, 5) is 25.8. The van der Waals surface area contributed by atoms with Crippen LogP contribution in [0.1, 0.15) is 42.1 Å². The Morgan fingerprint density at radius 1 is 1.17 bits per heavy atom. The van der Waals surface area contributed by atoms with E-state index in [1.807, 2.05) is 4.90 Å². The van der Waals surface area contributed by atoms with Gasteiger partial charge in [-0.05, 0) is 43.2 Å². The molecule has 0 aromatic heterocycles. The third-order valence-electron chi connectivity index (χ3n) is 4.63. The molecule has 0 saturated carbocycles. The number of benzene rings is 1. The number of carbonyl (C=O) groups is 2. The maximum absolute atomic E-state index is 12.0. The topological polar surface area (TPSA) is 49.4 Å². The number of amides is 2. The van der Waals surface area contributed by atoms with Crippen LogP contribution in [0.4, 0.5) is 0 Å². The van der Waals surface area contributed by atoms with E-state index in [2.05, 4.69) is 29.6 Å². The van der Waals surface area contributed by atoms with Gasteiger partial charge in [-0.3, -0.25) is 9.59 Å². The van der Waals surface area contributed by atoms with Crippen LogP contribution in [0.3, 0.4) is 0 Å². The Kier molecular flexibility index (Phi) is 5.60. The first-order valence-electron chi connectivity index (χ1n) is 8.48. The Bertz CT molecular complexity index is 570. The summed E-state index contributed by atoms with van der Waals surface area (Å²) in [5.74, 6) is 0.432. The second kappa shape index (κ2) is 7.86. The second-order valence-corrected chi connectivity index (χ2v) is 7.45. The molecule has 1 N–H and O–H groups in total. The van der Waals surface area contributed by atoms with Crippen LogP contribution in [0.5, 0.6) is 0 Å². The lowest BCUT2D eigenvalue weighted by molar-refractivity contribution is -0.131. The van der Waals surface area contributed by atoms with Crippen LogP contribution in [0.25, 0.3) is 0 Å². The molecule has 1 heterocycles. The smallest absolute Gasteiger partial charge is 0.241 e. The number of nitrogens with zero attached hydrogens (tertiary/aromatic N) is 1. The van der Waals surface area contributed by atoms with E-state index in [-0.39, 0.29) is 18.4 Å². The average molecular weight is 332 g/mol. The molecule has 1 aromatic carbocycles. The number of hydrogen-bond donors (Lipinski definition) is 1. The van der Waals surface area contributed by atoms with Crippen LogP contribution in [0.15, 0.2) is 24.3 Å². The Labute approximate surface area is 142 Å². The van der Waals surface area contributed by atoms with Gasteiger partial charge in [-0.2, -0.15) is 0 Å². The summed E-state index contributed by atoms with van der Waals surface area (Å²) >= 11 is 1.70. The molecule has 1 saturated heterocycles. The van der Waals surface area contributed by atoms with Gasteiger partial charge in [0.25, 0.3) is 0 Å². The molecule has 1 fully saturated rings. The van der Waals surface area contributed by atoms with Crippen molar-refractivity contribution in [3.63, 3.8) is 0 Å². The lowest BCUT2D eigenvalue weighted by Crippen LogP contribution is -2.39. The molecule has 1 atom stereocenters. The molecular weight excluding hydrogens is 308 g/mol. The molecular formula is C18H24N2O2S. The fourth-order valence-corrected chi connectivity index (χ4v) is 4.56. The van der Waals surface area contributed by atoms with Crippen LogP contribution in [-0.2, 0) is 16.0 Å². The molecule has 2 amide bonds. The molecule has 4 nitrogen and oxygen atoms in total. The molecule has 0 spiro atoms. The average Bonchev–Trinajstić information content (AvgIpc) is 3.12. The zero-order chi connectivity index (χ0) is 16.1. The van der Waals surface area contributed by atoms with E-state index < -0.39 is 0 Å². The van der Waals surface area contributed by atoms with Crippen LogP contribution < -0.4 is 5.32 Å². The fraction of sp³-hybridized carbons (Fsp3) is 0.556. The SMILES string of the molecule is O=C(CS[C@H]1CCCc2ccccc21)NCC(=O)N1CCCC1. The van der Waals surface area contributed by atoms with Crippen molar-refractivity contribution in [1.29, 1.82) is 0 Å². The van der Waals surface area contributed by atoms with Crippen molar-refractivity contribution in [2.75, 3.05) is 25.4 Å². The molecule has 3 rings (SSSR count). The molecule has 0 radical (unpaired) electrons. The standard InChI is InChI=1S/C18H24N2O2S/c21-17(19-12-18(22)20-10-3-4-11-20)13-23-16-9-5-7-14-6-1-2-8-15(14)16/h1-2,6,8,16H,3-5,7,9-13H2,(H,19,21)/t16-/m0/s1. The zero-order valence-corrected chi connectivity index (χ0v) is 14.2. The van der Waals surface area contributed by atoms with Crippen LogP contribution in [0.2, 0.25) is 0 Å². The first kappa shape index (κ1) is 16.4. The monoisotopic (exact) mass is 332 g/mol. The first-order chi connectivity index (χ1) is 11.2. The molecule has 23 heavy (non-hydrogen) atoms. The minimum atomic E-state index is -0.0365. The van der Waals surface area contributed by atoms with E-state index in [0.29, 0.717) is 11.0 Å². The van der Waals surface area contributed by atoms with Gasteiger partial charge in [0.15, 0.2) is 0 Å². The lowest BCUT2D eigenvalue weighted by atomic mass is 9.91. The molecule has 124 valence electrons. The number of likely N-dealkylation sites (tertiary alicyclic amines) is 1. The van der Waals surface area contributed by atoms with Gasteiger partial charge in [-0.25, -0.2) is 0 Å². The number of nitrogens with one attached hydrogen (secondary N) is 1. The van der Waals surface area contributed by atoms with Crippen molar-refractivity contribution in [3.8, 4) is 0 Å². The molecule has 1 aliphatic carbocycles. The second-order valence-electron chi connectivity index (χ2n) is 6.26. The van der Waals surface area contributed by atoms with Gasteiger partial charge in [0.2, 0.25) is 11.8 Å². The van der Waals surface area contributed by atoms with Gasteiger partial charge < -0.3 is 10.2 Å². The minimum absolute atomic E-state index is 0.0365. The quantitative estimate of drug-likeness (QED) is 0.901. The number of rotatable bonds is 5. The third-order valence-corrected chi connectivity index (χ3v) is 5.95. The normalized spacial score (nSPS) is 20.2. The van der Waals surface area contributed by atoms with Gasteiger partial charge in [0.1, 0.15) is 0 Å². The van der Waals surface area contributed by atoms with E-state index in [1.165, 1.54) is 17.5 Å². The minimum Gasteiger partial charge on any atom is -0.346 e. The van der Waals surface area contributed by atoms with Gasteiger partial charge in [-0.15, -0.1) is 11.8 Å². The summed E-state index contributed by atoms with van der Waals surface area (Å²) in [6.45, 7) is 1.81. The van der Waals surface area contributed by atoms with Crippen molar-refractivity contribution < 1.29 is 9.59 Å². The molecule has 1 aromatic rings. The zero-order valence-electron chi connectivity index (χ0n) is 13.4. The summed E-state index contributed by atoms with van der Waals surface area (Å²) in [5, 5.41) is 3.17.